The fraction of sp³-hybridized carbons (Fsp3) is 0.296. The van der Waals surface area contributed by atoms with E-state index in [1.54, 1.807) is 56.3 Å². The molecule has 0 saturated heterocycles. The van der Waals surface area contributed by atoms with Gasteiger partial charge in [-0.05, 0) is 47.4 Å². The highest BCUT2D eigenvalue weighted by molar-refractivity contribution is 5.78. The van der Waals surface area contributed by atoms with E-state index < -0.39 is 35.6 Å². The molecule has 0 aliphatic heterocycles. The maximum Gasteiger partial charge on any atom is 0.573 e. The molecular weight excluding hydrogens is 500 g/mol. The molecule has 3 rings (SSSR count). The topological polar surface area (TPSA) is 47.6 Å². The van der Waals surface area contributed by atoms with Crippen molar-refractivity contribution in [2.45, 2.75) is 38.4 Å². The van der Waals surface area contributed by atoms with E-state index in [-0.39, 0.29) is 18.9 Å². The van der Waals surface area contributed by atoms with Crippen molar-refractivity contribution < 1.29 is 40.6 Å². The van der Waals surface area contributed by atoms with Crippen molar-refractivity contribution in [1.82, 2.24) is 5.32 Å². The quantitative estimate of drug-likeness (QED) is 0.313. The number of carbonyl (C=O) groups is 1. The van der Waals surface area contributed by atoms with Gasteiger partial charge in [0.25, 0.3) is 0 Å². The van der Waals surface area contributed by atoms with Crippen LogP contribution in [0.4, 0.5) is 26.3 Å². The first kappa shape index (κ1) is 27.9. The van der Waals surface area contributed by atoms with E-state index in [0.717, 1.165) is 17.7 Å². The minimum Gasteiger partial charge on any atom is -0.406 e. The van der Waals surface area contributed by atoms with Crippen LogP contribution in [-0.2, 0) is 16.6 Å². The predicted octanol–water partition coefficient (Wildman–Crippen LogP) is 6.78. The lowest BCUT2D eigenvalue weighted by Crippen LogP contribution is -2.44. The standard InChI is InChI=1S/C27H25F6NO3/c1-18(2)24(35)34-17-25(16-19-8-4-3-5-9-19,20-10-6-12-22(14-20)36-26(28,29)30)21-11-7-13-23(15-21)37-27(31,32)33/h3-15,18H,16-17H2,1-2H3,(H,34,35). The number of rotatable bonds is 9. The lowest BCUT2D eigenvalue weighted by atomic mass is 9.70. The third kappa shape index (κ3) is 7.90. The Morgan fingerprint density at radius 2 is 1.24 bits per heavy atom. The second-order valence-electron chi connectivity index (χ2n) is 8.77. The normalized spacial score (nSPS) is 12.4. The molecule has 37 heavy (non-hydrogen) atoms. The van der Waals surface area contributed by atoms with Crippen molar-refractivity contribution in [1.29, 1.82) is 0 Å². The number of hydrogen-bond donors (Lipinski definition) is 1. The average molecular weight is 525 g/mol. The summed E-state index contributed by atoms with van der Waals surface area (Å²) in [5.74, 6) is -1.74. The van der Waals surface area contributed by atoms with E-state index in [2.05, 4.69) is 14.8 Å². The molecule has 0 fully saturated rings. The third-order valence-corrected chi connectivity index (χ3v) is 5.68. The molecule has 1 amide bonds. The number of carbonyl (C=O) groups excluding carboxylic acids is 1. The van der Waals surface area contributed by atoms with Crippen LogP contribution in [0.15, 0.2) is 78.9 Å². The molecule has 3 aromatic carbocycles. The predicted molar refractivity (Wildman–Crippen MR) is 125 cm³/mol. The van der Waals surface area contributed by atoms with Crippen LogP contribution in [0.1, 0.15) is 30.5 Å². The van der Waals surface area contributed by atoms with Crippen LogP contribution in [-0.4, -0.2) is 25.2 Å². The van der Waals surface area contributed by atoms with Gasteiger partial charge >= 0.3 is 12.7 Å². The van der Waals surface area contributed by atoms with Crippen LogP contribution in [0.2, 0.25) is 0 Å². The van der Waals surface area contributed by atoms with E-state index in [4.69, 9.17) is 0 Å². The first-order chi connectivity index (χ1) is 17.3. The monoisotopic (exact) mass is 525 g/mol. The summed E-state index contributed by atoms with van der Waals surface area (Å²) in [7, 11) is 0. The number of ether oxygens (including phenoxy) is 2. The Hall–Kier alpha value is -3.69. The highest BCUT2D eigenvalue weighted by atomic mass is 19.4. The second kappa shape index (κ2) is 11.1. The van der Waals surface area contributed by atoms with Crippen molar-refractivity contribution in [2.75, 3.05) is 6.54 Å². The van der Waals surface area contributed by atoms with Crippen LogP contribution >= 0.6 is 0 Å². The first-order valence-corrected chi connectivity index (χ1v) is 11.3. The summed E-state index contributed by atoms with van der Waals surface area (Å²) in [5.41, 5.74) is 0.0465. The molecule has 0 atom stereocenters. The number of halogens is 6. The van der Waals surface area contributed by atoms with E-state index in [1.165, 1.54) is 24.3 Å². The molecule has 3 aromatic rings. The van der Waals surface area contributed by atoms with Crippen molar-refractivity contribution in [3.05, 3.63) is 95.6 Å². The van der Waals surface area contributed by atoms with E-state index in [9.17, 15) is 31.1 Å². The number of hydrogen-bond acceptors (Lipinski definition) is 3. The summed E-state index contributed by atoms with van der Waals surface area (Å²) in [5, 5.41) is 2.81. The van der Waals surface area contributed by atoms with Crippen LogP contribution in [0.25, 0.3) is 0 Å². The summed E-state index contributed by atoms with van der Waals surface area (Å²) >= 11 is 0. The Morgan fingerprint density at radius 1 is 0.757 bits per heavy atom. The van der Waals surface area contributed by atoms with Crippen LogP contribution in [0.3, 0.4) is 0 Å². The van der Waals surface area contributed by atoms with Gasteiger partial charge in [0.1, 0.15) is 11.5 Å². The summed E-state index contributed by atoms with van der Waals surface area (Å²) < 4.78 is 86.2. The Kier molecular flexibility index (Phi) is 8.40. The lowest BCUT2D eigenvalue weighted by molar-refractivity contribution is -0.275. The highest BCUT2D eigenvalue weighted by Crippen LogP contribution is 2.40. The number of alkyl halides is 6. The van der Waals surface area contributed by atoms with E-state index >= 15 is 0 Å². The number of amides is 1. The zero-order chi connectivity index (χ0) is 27.3. The Morgan fingerprint density at radius 3 is 1.68 bits per heavy atom. The molecule has 0 aliphatic rings. The van der Waals surface area contributed by atoms with Crippen molar-refractivity contribution in [3.63, 3.8) is 0 Å². The van der Waals surface area contributed by atoms with Gasteiger partial charge in [-0.2, -0.15) is 0 Å². The number of nitrogens with one attached hydrogen (secondary N) is 1. The van der Waals surface area contributed by atoms with Gasteiger partial charge in [-0.3, -0.25) is 4.79 Å². The fourth-order valence-corrected chi connectivity index (χ4v) is 4.01. The van der Waals surface area contributed by atoms with E-state index in [0.29, 0.717) is 11.1 Å². The Balaban J connectivity index is 2.23. The molecule has 198 valence electrons. The molecular formula is C27H25F6NO3. The second-order valence-corrected chi connectivity index (χ2v) is 8.77. The fourth-order valence-electron chi connectivity index (χ4n) is 4.01. The van der Waals surface area contributed by atoms with Crippen LogP contribution < -0.4 is 14.8 Å². The molecule has 0 aromatic heterocycles. The number of benzene rings is 3. The molecule has 0 heterocycles. The maximum absolute atomic E-state index is 13.0. The van der Waals surface area contributed by atoms with Gasteiger partial charge < -0.3 is 14.8 Å². The largest absolute Gasteiger partial charge is 0.573 e. The lowest BCUT2D eigenvalue weighted by Gasteiger charge is -2.36. The molecule has 0 aliphatic carbocycles. The maximum atomic E-state index is 13.0. The first-order valence-electron chi connectivity index (χ1n) is 11.3. The van der Waals surface area contributed by atoms with Crippen molar-refractivity contribution >= 4 is 5.91 Å². The van der Waals surface area contributed by atoms with E-state index in [1.807, 2.05) is 0 Å². The molecule has 0 radical (unpaired) electrons. The van der Waals surface area contributed by atoms with Gasteiger partial charge in [-0.25, -0.2) is 0 Å². The third-order valence-electron chi connectivity index (χ3n) is 5.68. The smallest absolute Gasteiger partial charge is 0.406 e. The molecule has 0 unspecified atom stereocenters. The zero-order valence-corrected chi connectivity index (χ0v) is 20.0. The summed E-state index contributed by atoms with van der Waals surface area (Å²) in [4.78, 5) is 12.6. The van der Waals surface area contributed by atoms with Gasteiger partial charge in [0.2, 0.25) is 5.91 Å². The molecule has 0 spiro atoms. The van der Waals surface area contributed by atoms with Crippen LogP contribution in [0.5, 0.6) is 11.5 Å². The van der Waals surface area contributed by atoms with Gasteiger partial charge in [-0.15, -0.1) is 26.3 Å². The van der Waals surface area contributed by atoms with Gasteiger partial charge in [0, 0.05) is 17.9 Å². The van der Waals surface area contributed by atoms with Crippen molar-refractivity contribution in [2.24, 2.45) is 5.92 Å². The molecule has 0 bridgehead atoms. The molecule has 10 heteroatoms. The van der Waals surface area contributed by atoms with Gasteiger partial charge in [-0.1, -0.05) is 68.4 Å². The minimum absolute atomic E-state index is 0.121. The average Bonchev–Trinajstić information content (AvgIpc) is 2.80. The summed E-state index contributed by atoms with van der Waals surface area (Å²) in [6.45, 7) is 3.22. The van der Waals surface area contributed by atoms with Crippen LogP contribution in [0, 0.1) is 5.92 Å². The SMILES string of the molecule is CC(C)C(=O)NCC(Cc1ccccc1)(c1cccc(OC(F)(F)F)c1)c1cccc(OC(F)(F)F)c1. The molecule has 4 nitrogen and oxygen atoms in total. The molecule has 1 N–H and O–H groups in total. The van der Waals surface area contributed by atoms with Gasteiger partial charge in [0.05, 0.1) is 0 Å². The summed E-state index contributed by atoms with van der Waals surface area (Å²) in [6, 6.07) is 19.3. The Bertz CT molecular complexity index is 1130. The highest BCUT2D eigenvalue weighted by Gasteiger charge is 2.38. The minimum atomic E-state index is -4.95. The zero-order valence-electron chi connectivity index (χ0n) is 20.0. The van der Waals surface area contributed by atoms with Gasteiger partial charge in [0.15, 0.2) is 0 Å². The Labute approximate surface area is 210 Å². The molecule has 0 saturated carbocycles. The van der Waals surface area contributed by atoms with Crippen molar-refractivity contribution in [3.8, 4) is 11.5 Å². The summed E-state index contributed by atoms with van der Waals surface area (Å²) in [6.07, 6.45) is -9.77.